The summed E-state index contributed by atoms with van der Waals surface area (Å²) in [6, 6.07) is -0.688. The second kappa shape index (κ2) is 10.5. The molecular weight excluding hydrogens is 326 g/mol. The van der Waals surface area contributed by atoms with Gasteiger partial charge in [0.25, 0.3) is 0 Å². The third-order valence-corrected chi connectivity index (χ3v) is 3.88. The van der Waals surface area contributed by atoms with Crippen molar-refractivity contribution in [2.24, 2.45) is 22.4 Å². The molecule has 6 heteroatoms. The van der Waals surface area contributed by atoms with Crippen LogP contribution in [0.3, 0.4) is 0 Å². The van der Waals surface area contributed by atoms with Crippen LogP contribution < -0.4 is 0 Å². The van der Waals surface area contributed by atoms with Gasteiger partial charge in [0, 0.05) is 12.6 Å². The molecule has 0 radical (unpaired) electrons. The number of rotatable bonds is 10. The Labute approximate surface area is 151 Å². The molecule has 0 fully saturated rings. The Morgan fingerprint density at radius 1 is 1.28 bits per heavy atom. The fraction of sp³-hybridized carbons (Fsp3) is 0.789. The van der Waals surface area contributed by atoms with Crippen molar-refractivity contribution in [2.45, 2.75) is 80.0 Å². The van der Waals surface area contributed by atoms with Crippen LogP contribution in [0, 0.1) is 17.3 Å². The molecule has 4 nitrogen and oxygen atoms in total. The molecule has 0 aromatic heterocycles. The molecule has 0 N–H and O–H groups in total. The van der Waals surface area contributed by atoms with Gasteiger partial charge in [0.05, 0.1) is 18.1 Å². The SMILES string of the molecule is C=NN(C(F)F)[C@H](C)C(/C=C\CC)[C@@H](CC(C)(C)C)C(=O)OC(C)C. The number of allylic oxidation sites excluding steroid dienone is 1. The molecule has 0 aromatic carbocycles. The van der Waals surface area contributed by atoms with E-state index in [0.29, 0.717) is 11.4 Å². The van der Waals surface area contributed by atoms with Crippen molar-refractivity contribution < 1.29 is 18.3 Å². The zero-order chi connectivity index (χ0) is 19.8. The van der Waals surface area contributed by atoms with Crippen molar-refractivity contribution in [1.29, 1.82) is 0 Å². The van der Waals surface area contributed by atoms with Gasteiger partial charge in [-0.2, -0.15) is 13.9 Å². The van der Waals surface area contributed by atoms with Crippen molar-refractivity contribution in [3.8, 4) is 0 Å². The fourth-order valence-corrected chi connectivity index (χ4v) is 2.82. The highest BCUT2D eigenvalue weighted by Gasteiger charge is 2.38. The Bertz CT molecular complexity index is 445. The molecule has 1 unspecified atom stereocenters. The third-order valence-electron chi connectivity index (χ3n) is 3.88. The van der Waals surface area contributed by atoms with Crippen molar-refractivity contribution in [3.63, 3.8) is 0 Å². The first-order valence-electron chi connectivity index (χ1n) is 8.84. The molecule has 0 aliphatic heterocycles. The molecule has 3 atom stereocenters. The van der Waals surface area contributed by atoms with Gasteiger partial charge >= 0.3 is 12.5 Å². The van der Waals surface area contributed by atoms with Crippen molar-refractivity contribution >= 4 is 12.7 Å². The standard InChI is InChI=1S/C19H34F2N2O2/c1-9-10-11-15(14(4)23(22-8)18(20)21)16(12-19(5,6)7)17(24)25-13(2)3/h10-11,13-16,18H,8-9,12H2,1-7H3/b11-10-/t14-,15?,16-/m1/s1. The Kier molecular flexibility index (Phi) is 9.90. The van der Waals surface area contributed by atoms with Crippen LogP contribution in [0.2, 0.25) is 0 Å². The first kappa shape index (κ1) is 23.5. The maximum Gasteiger partial charge on any atom is 0.329 e. The van der Waals surface area contributed by atoms with Crippen LogP contribution in [0.5, 0.6) is 0 Å². The van der Waals surface area contributed by atoms with Gasteiger partial charge in [-0.1, -0.05) is 39.8 Å². The van der Waals surface area contributed by atoms with E-state index in [1.54, 1.807) is 20.8 Å². The van der Waals surface area contributed by atoms with Crippen molar-refractivity contribution in [2.75, 3.05) is 0 Å². The van der Waals surface area contributed by atoms with Crippen LogP contribution in [0.4, 0.5) is 8.78 Å². The number of hydrazone groups is 1. The first-order valence-corrected chi connectivity index (χ1v) is 8.84. The van der Waals surface area contributed by atoms with Crippen LogP contribution in [0.25, 0.3) is 0 Å². The van der Waals surface area contributed by atoms with Crippen LogP contribution in [0.15, 0.2) is 17.3 Å². The van der Waals surface area contributed by atoms with Gasteiger partial charge in [-0.25, -0.2) is 5.01 Å². The van der Waals surface area contributed by atoms with Gasteiger partial charge < -0.3 is 4.74 Å². The van der Waals surface area contributed by atoms with E-state index in [4.69, 9.17) is 4.74 Å². The summed E-state index contributed by atoms with van der Waals surface area (Å²) >= 11 is 0. The molecule has 0 aromatic rings. The number of carbonyl (C=O) groups is 1. The van der Waals surface area contributed by atoms with E-state index < -0.39 is 24.4 Å². The summed E-state index contributed by atoms with van der Waals surface area (Å²) in [5.41, 5.74) is -0.157. The van der Waals surface area contributed by atoms with E-state index in [0.717, 1.165) is 6.42 Å². The normalized spacial score (nSPS) is 16.1. The van der Waals surface area contributed by atoms with Crippen molar-refractivity contribution in [3.05, 3.63) is 12.2 Å². The summed E-state index contributed by atoms with van der Waals surface area (Å²) in [4.78, 5) is 12.7. The number of esters is 1. The number of hydrogen-bond donors (Lipinski definition) is 0. The molecule has 0 heterocycles. The lowest BCUT2D eigenvalue weighted by Gasteiger charge is -2.36. The summed E-state index contributed by atoms with van der Waals surface area (Å²) in [7, 11) is 0. The number of hydrogen-bond acceptors (Lipinski definition) is 4. The molecule has 25 heavy (non-hydrogen) atoms. The average molecular weight is 360 g/mol. The minimum atomic E-state index is -2.78. The Morgan fingerprint density at radius 2 is 1.84 bits per heavy atom. The average Bonchev–Trinajstić information content (AvgIpc) is 2.44. The van der Waals surface area contributed by atoms with Gasteiger partial charge in [0.15, 0.2) is 0 Å². The number of halogens is 2. The molecule has 146 valence electrons. The van der Waals surface area contributed by atoms with Gasteiger partial charge in [0.2, 0.25) is 0 Å². The molecule has 0 aliphatic carbocycles. The quantitative estimate of drug-likeness (QED) is 0.179. The molecular formula is C19H34F2N2O2. The maximum atomic E-state index is 13.3. The summed E-state index contributed by atoms with van der Waals surface area (Å²) in [5, 5.41) is 4.12. The van der Waals surface area contributed by atoms with Gasteiger partial charge in [0.1, 0.15) is 0 Å². The van der Waals surface area contributed by atoms with Gasteiger partial charge in [-0.05, 0) is 39.0 Å². The highest BCUT2D eigenvalue weighted by molar-refractivity contribution is 5.73. The number of alkyl halides is 2. The molecule has 0 saturated heterocycles. The lowest BCUT2D eigenvalue weighted by molar-refractivity contribution is -0.157. The Balaban J connectivity index is 5.85. The van der Waals surface area contributed by atoms with E-state index in [1.807, 2.05) is 39.8 Å². The fourth-order valence-electron chi connectivity index (χ4n) is 2.82. The highest BCUT2D eigenvalue weighted by Crippen LogP contribution is 2.35. The van der Waals surface area contributed by atoms with E-state index in [1.165, 1.54) is 0 Å². The minimum absolute atomic E-state index is 0.157. The topological polar surface area (TPSA) is 41.9 Å². The lowest BCUT2D eigenvalue weighted by atomic mass is 9.75. The van der Waals surface area contributed by atoms with E-state index in [2.05, 4.69) is 11.8 Å². The van der Waals surface area contributed by atoms with Gasteiger partial charge in [-0.15, -0.1) is 0 Å². The number of carbonyl (C=O) groups excluding carboxylic acids is 1. The summed E-state index contributed by atoms with van der Waals surface area (Å²) in [6.07, 6.45) is 4.75. The third kappa shape index (κ3) is 8.45. The predicted octanol–water partition coefficient (Wildman–Crippen LogP) is 5.10. The Morgan fingerprint density at radius 3 is 2.20 bits per heavy atom. The number of ether oxygens (including phenoxy) is 1. The highest BCUT2D eigenvalue weighted by atomic mass is 19.3. The second-order valence-corrected chi connectivity index (χ2v) is 7.81. The van der Waals surface area contributed by atoms with Crippen molar-refractivity contribution in [1.82, 2.24) is 5.01 Å². The van der Waals surface area contributed by atoms with E-state index in [9.17, 15) is 13.6 Å². The number of nitrogens with zero attached hydrogens (tertiary/aromatic N) is 2. The maximum absolute atomic E-state index is 13.3. The van der Waals surface area contributed by atoms with Crippen LogP contribution >= 0.6 is 0 Å². The van der Waals surface area contributed by atoms with Crippen LogP contribution in [-0.4, -0.2) is 36.4 Å². The minimum Gasteiger partial charge on any atom is -0.463 e. The Hall–Kier alpha value is -1.46. The summed E-state index contributed by atoms with van der Waals surface area (Å²) < 4.78 is 32.0. The second-order valence-electron chi connectivity index (χ2n) is 7.81. The zero-order valence-electron chi connectivity index (χ0n) is 16.6. The van der Waals surface area contributed by atoms with E-state index in [-0.39, 0.29) is 17.5 Å². The molecule has 0 saturated carbocycles. The molecule has 0 rings (SSSR count). The predicted molar refractivity (Wildman–Crippen MR) is 98.6 cm³/mol. The van der Waals surface area contributed by atoms with Crippen LogP contribution in [0.1, 0.15) is 61.3 Å². The first-order chi connectivity index (χ1) is 11.4. The molecule has 0 amide bonds. The zero-order valence-corrected chi connectivity index (χ0v) is 16.6. The monoisotopic (exact) mass is 360 g/mol. The lowest BCUT2D eigenvalue weighted by Crippen LogP contribution is -2.43. The van der Waals surface area contributed by atoms with Crippen LogP contribution in [-0.2, 0) is 9.53 Å². The largest absolute Gasteiger partial charge is 0.463 e. The molecule has 0 spiro atoms. The van der Waals surface area contributed by atoms with E-state index >= 15 is 0 Å². The smallest absolute Gasteiger partial charge is 0.329 e. The molecule has 0 aliphatic rings. The van der Waals surface area contributed by atoms with Gasteiger partial charge in [-0.3, -0.25) is 4.79 Å². The summed E-state index contributed by atoms with van der Waals surface area (Å²) in [5.74, 6) is -1.35. The molecule has 0 bridgehead atoms. The summed E-state index contributed by atoms with van der Waals surface area (Å²) in [6.45, 7) is 13.7.